The van der Waals surface area contributed by atoms with Gasteiger partial charge >= 0.3 is 0 Å². The molecule has 0 spiro atoms. The van der Waals surface area contributed by atoms with E-state index in [0.29, 0.717) is 33.9 Å². The van der Waals surface area contributed by atoms with Crippen LogP contribution in [-0.2, 0) is 19.3 Å². The maximum atomic E-state index is 13.3. The number of likely N-dealkylation sites (N-methyl/N-ethyl adjacent to an activating group) is 1. The quantitative estimate of drug-likeness (QED) is 0.0476. The number of ketones is 3. The van der Waals surface area contributed by atoms with E-state index in [1.54, 1.807) is 36.8 Å². The number of nitrogens with one attached hydrogen (secondary N) is 2. The predicted molar refractivity (Wildman–Crippen MR) is 392 cm³/mol. The average Bonchev–Trinajstić information content (AvgIpc) is 1.17. The van der Waals surface area contributed by atoms with Crippen LogP contribution < -0.4 is 42.5 Å². The van der Waals surface area contributed by atoms with Crippen LogP contribution in [0.1, 0.15) is 59.9 Å². The largest absolute Gasteiger partial charge is 0.398 e. The van der Waals surface area contributed by atoms with Crippen LogP contribution in [0.5, 0.6) is 0 Å². The summed E-state index contributed by atoms with van der Waals surface area (Å²) in [5, 5.41) is 10.7. The number of hydrogen-bond acceptors (Lipinski definition) is 16. The second-order valence-electron chi connectivity index (χ2n) is 25.2. The number of halogens is 1. The molecule has 0 radical (unpaired) electrons. The second-order valence-corrected chi connectivity index (χ2v) is 25.2. The molecule has 3 aliphatic heterocycles. The Morgan fingerprint density at radius 1 is 0.464 bits per heavy atom. The van der Waals surface area contributed by atoms with Gasteiger partial charge in [-0.2, -0.15) is 0 Å². The molecule has 4 aliphatic rings. The number of carbonyl (C=O) groups is 3. The molecule has 0 amide bonds. The summed E-state index contributed by atoms with van der Waals surface area (Å²) in [5.41, 5.74) is 34.9. The van der Waals surface area contributed by atoms with Gasteiger partial charge in [0.25, 0.3) is 0 Å². The number of aromatic nitrogens is 4. The zero-order valence-electron chi connectivity index (χ0n) is 54.4. The zero-order valence-corrected chi connectivity index (χ0v) is 54.4. The summed E-state index contributed by atoms with van der Waals surface area (Å²) in [6, 6.07) is 53.7. The van der Waals surface area contributed by atoms with Crippen molar-refractivity contribution in [3.05, 3.63) is 258 Å². The van der Waals surface area contributed by atoms with Gasteiger partial charge in [0.2, 0.25) is 0 Å². The summed E-state index contributed by atoms with van der Waals surface area (Å²) in [4.78, 5) is 66.5. The van der Waals surface area contributed by atoms with Gasteiger partial charge < -0.3 is 47.4 Å². The lowest BCUT2D eigenvalue weighted by molar-refractivity contribution is 0.0982. The number of nitrogens with two attached hydrogens (primary N) is 3. The molecular weight excluding hydrogens is 1210 g/mol. The Balaban J connectivity index is 0.000000131. The topological polar surface area (TPSA) is 218 Å². The van der Waals surface area contributed by atoms with Crippen molar-refractivity contribution >= 4 is 89.8 Å². The molecule has 15 rings (SSSR count). The fourth-order valence-corrected chi connectivity index (χ4v) is 12.8. The number of nitrogens with zero attached hydrogens (tertiary/aromatic N) is 8. The maximum absolute atomic E-state index is 13.3. The third-order valence-electron chi connectivity index (χ3n) is 18.6. The average molecular weight is 1290 g/mol. The molecule has 0 bridgehead atoms. The first-order valence-electron chi connectivity index (χ1n) is 33.1. The number of allylic oxidation sites excluding steroid dienone is 4. The highest BCUT2D eigenvalue weighted by molar-refractivity contribution is 6.03. The molecule has 488 valence electrons. The molecule has 0 atom stereocenters. The Labute approximate surface area is 564 Å². The van der Waals surface area contributed by atoms with Crippen LogP contribution in [0.2, 0.25) is 0 Å². The summed E-state index contributed by atoms with van der Waals surface area (Å²) >= 11 is 0. The molecule has 1 aliphatic carbocycles. The fourth-order valence-electron chi connectivity index (χ4n) is 12.8. The summed E-state index contributed by atoms with van der Waals surface area (Å²) in [6.45, 7) is 11.9. The van der Waals surface area contributed by atoms with Crippen LogP contribution in [0, 0.1) is 5.82 Å². The summed E-state index contributed by atoms with van der Waals surface area (Å²) < 4.78 is 13.3. The lowest BCUT2D eigenvalue weighted by Crippen LogP contribution is -2.44. The molecule has 97 heavy (non-hydrogen) atoms. The third kappa shape index (κ3) is 15.7. The van der Waals surface area contributed by atoms with E-state index in [9.17, 15) is 18.8 Å². The maximum Gasteiger partial charge on any atom is 0.185 e. The number of fused-ring (bicyclic) bond motifs is 3. The zero-order chi connectivity index (χ0) is 66.8. The van der Waals surface area contributed by atoms with Crippen molar-refractivity contribution in [2.45, 2.75) is 25.7 Å². The van der Waals surface area contributed by atoms with Crippen molar-refractivity contribution < 1.29 is 18.8 Å². The van der Waals surface area contributed by atoms with Gasteiger partial charge in [0.05, 0.1) is 11.0 Å². The molecule has 0 unspecified atom stereocenters. The van der Waals surface area contributed by atoms with Gasteiger partial charge in [0.15, 0.2) is 17.3 Å². The highest BCUT2D eigenvalue weighted by Gasteiger charge is 2.20. The van der Waals surface area contributed by atoms with Gasteiger partial charge in [-0.1, -0.05) is 60.7 Å². The summed E-state index contributed by atoms with van der Waals surface area (Å²) in [6.07, 6.45) is 14.9. The smallest absolute Gasteiger partial charge is 0.185 e. The van der Waals surface area contributed by atoms with Gasteiger partial charge in [-0.3, -0.25) is 29.3 Å². The fraction of sp³-hybridized carbons (Fsp3) is 0.212. The number of anilines is 6. The van der Waals surface area contributed by atoms with Crippen molar-refractivity contribution in [3.8, 4) is 22.3 Å². The molecule has 3 fully saturated rings. The molecule has 11 aromatic rings. The van der Waals surface area contributed by atoms with Gasteiger partial charge in [-0.15, -0.1) is 0 Å². The van der Waals surface area contributed by atoms with Crippen molar-refractivity contribution in [2.75, 3.05) is 117 Å². The number of nitrogen functional groups attached to an aromatic ring is 3. The highest BCUT2D eigenvalue weighted by Crippen LogP contribution is 2.32. The van der Waals surface area contributed by atoms with Crippen molar-refractivity contribution in [1.29, 1.82) is 0 Å². The Bertz CT molecular complexity index is 4770. The van der Waals surface area contributed by atoms with Crippen LogP contribution in [-0.4, -0.2) is 128 Å². The molecule has 16 nitrogen and oxygen atoms in total. The van der Waals surface area contributed by atoms with E-state index in [-0.39, 0.29) is 42.4 Å². The van der Waals surface area contributed by atoms with E-state index in [1.165, 1.54) is 29.1 Å². The van der Waals surface area contributed by atoms with E-state index in [1.807, 2.05) is 109 Å². The Morgan fingerprint density at radius 2 is 1.01 bits per heavy atom. The molecule has 17 heteroatoms. The van der Waals surface area contributed by atoms with Gasteiger partial charge in [0, 0.05) is 178 Å². The normalized spacial score (nSPS) is 14.8. The molecule has 8 N–H and O–H groups in total. The lowest BCUT2D eigenvalue weighted by Gasteiger charge is -2.34. The van der Waals surface area contributed by atoms with Crippen molar-refractivity contribution in [1.82, 2.24) is 35.5 Å². The number of Topliss-reactive ketones (excluding diaryl/α,β-unsaturated/α-hetero) is 3. The summed E-state index contributed by atoms with van der Waals surface area (Å²) in [5.74, 6) is 0.663. The monoisotopic (exact) mass is 1290 g/mol. The summed E-state index contributed by atoms with van der Waals surface area (Å²) in [7, 11) is 2.16. The Morgan fingerprint density at radius 3 is 1.67 bits per heavy atom. The van der Waals surface area contributed by atoms with Crippen LogP contribution in [0.3, 0.4) is 0 Å². The Hall–Kier alpha value is -11.0. The lowest BCUT2D eigenvalue weighted by atomic mass is 9.96. The molecule has 7 heterocycles. The van der Waals surface area contributed by atoms with E-state index < -0.39 is 0 Å². The number of pyridine rings is 4. The van der Waals surface area contributed by atoms with Crippen molar-refractivity contribution in [2.24, 2.45) is 0 Å². The van der Waals surface area contributed by atoms with E-state index >= 15 is 0 Å². The van der Waals surface area contributed by atoms with Crippen LogP contribution in [0.25, 0.3) is 60.4 Å². The molecule has 0 saturated carbocycles. The second kappa shape index (κ2) is 29.8. The molecule has 3 saturated heterocycles. The van der Waals surface area contributed by atoms with Crippen molar-refractivity contribution in [3.63, 3.8) is 0 Å². The highest BCUT2D eigenvalue weighted by atomic mass is 19.1. The minimum atomic E-state index is -0.282. The number of rotatable bonds is 15. The van der Waals surface area contributed by atoms with Gasteiger partial charge in [-0.25, -0.2) is 9.37 Å². The minimum Gasteiger partial charge on any atom is -0.398 e. The first-order chi connectivity index (χ1) is 47.3. The number of piperazine rings is 3. The SMILES string of the molecule is CN1CCN(c2ccc3cc(C(=O)Cc4cc(C5=CC=CC5)ccc4N)ncc3c2)CC1.Nc1ccc(-c2ccc(F)cc2)cc1CC(=O)c1ccc2nc(N3CCNCC3)ccc2c1.Nc1ccc(-c2ccncc2)cc1CC(=O)c1cnc2cc(N3CCNCC3)ccc2c1. The standard InChI is InChI=1S/C27H25FN4O.C27H28N4O.C26H25N5O/c28-23-6-1-18(2-7-23)19-3-8-24(29)22(15-19)17-26(33)21-4-9-25-20(16-21)5-10-27(31-25)32-13-11-30-12-14-32;1-30-10-12-31(13-11-30)24-8-6-21-16-26(29-18-23(21)15-24)27(32)17-22-14-20(7-9-25(22)28)19-4-2-3-5-19;27-24-4-2-19(18-5-7-28-8-6-18)13-21(24)15-26(32)22-14-20-1-3-23(16-25(20)30-17-22)31-11-9-29-10-12-31/h1-10,15-16,30H,11-14,17,29H2;2-4,6-9,14-16,18H,5,10-13,17,28H2,1H3;1-8,13-14,16-17,29H,9-12,15,27H2. The predicted octanol–water partition coefficient (Wildman–Crippen LogP) is 12.5. The third-order valence-corrected chi connectivity index (χ3v) is 18.6. The van der Waals surface area contributed by atoms with E-state index in [4.69, 9.17) is 22.2 Å². The van der Waals surface area contributed by atoms with Gasteiger partial charge in [0.1, 0.15) is 17.3 Å². The Kier molecular flexibility index (Phi) is 19.9. The number of benzene rings is 7. The van der Waals surface area contributed by atoms with E-state index in [0.717, 1.165) is 168 Å². The number of carbonyl (C=O) groups excluding carboxylic acids is 3. The molecule has 4 aromatic heterocycles. The minimum absolute atomic E-state index is 0.00385. The molecular formula is C80H78FN13O3. The van der Waals surface area contributed by atoms with Crippen LogP contribution >= 0.6 is 0 Å². The molecule has 7 aromatic carbocycles. The number of hydrogen-bond donors (Lipinski definition) is 5. The van der Waals surface area contributed by atoms with Gasteiger partial charge in [-0.05, 0) is 196 Å². The van der Waals surface area contributed by atoms with Crippen LogP contribution in [0.15, 0.2) is 213 Å². The first kappa shape index (κ1) is 64.7. The van der Waals surface area contributed by atoms with Crippen LogP contribution in [0.4, 0.5) is 38.6 Å². The van der Waals surface area contributed by atoms with E-state index in [2.05, 4.69) is 107 Å². The first-order valence-corrected chi connectivity index (χ1v) is 33.1.